The second-order valence-electron chi connectivity index (χ2n) is 6.21. The molecule has 1 aliphatic heterocycles. The molecule has 1 saturated heterocycles. The molecule has 23 heavy (non-hydrogen) atoms. The summed E-state index contributed by atoms with van der Waals surface area (Å²) >= 11 is 0. The van der Waals surface area contributed by atoms with E-state index in [1.54, 1.807) is 6.20 Å². The number of amides is 1. The number of hydrogen-bond acceptors (Lipinski definition) is 4. The van der Waals surface area contributed by atoms with Crippen LogP contribution in [-0.4, -0.2) is 50.0 Å². The fraction of sp³-hybridized carbons (Fsp3) is 0.562. The average molecular weight is 316 g/mol. The molecule has 0 spiro atoms. The first-order valence-electron chi connectivity index (χ1n) is 8.13. The molecule has 0 atom stereocenters. The fourth-order valence-electron chi connectivity index (χ4n) is 3.06. The van der Waals surface area contributed by atoms with Gasteiger partial charge in [-0.2, -0.15) is 10.2 Å². The van der Waals surface area contributed by atoms with Gasteiger partial charge in [0.2, 0.25) is 5.91 Å². The van der Waals surface area contributed by atoms with Crippen molar-refractivity contribution in [2.45, 2.75) is 39.8 Å². The molecule has 2 aromatic rings. The van der Waals surface area contributed by atoms with E-state index in [0.29, 0.717) is 12.6 Å². The lowest BCUT2D eigenvalue weighted by Crippen LogP contribution is -2.51. The molecule has 1 aliphatic rings. The molecule has 3 heterocycles. The van der Waals surface area contributed by atoms with Crippen LogP contribution in [0.3, 0.4) is 0 Å². The van der Waals surface area contributed by atoms with Crippen LogP contribution in [0.2, 0.25) is 0 Å². The summed E-state index contributed by atoms with van der Waals surface area (Å²) < 4.78 is 3.90. The Morgan fingerprint density at radius 2 is 2.17 bits per heavy atom. The number of likely N-dealkylation sites (tertiary alicyclic amines) is 1. The first-order chi connectivity index (χ1) is 11.1. The highest BCUT2D eigenvalue weighted by molar-refractivity contribution is 5.91. The third-order valence-corrected chi connectivity index (χ3v) is 4.12. The van der Waals surface area contributed by atoms with E-state index in [0.717, 1.165) is 37.6 Å². The summed E-state index contributed by atoms with van der Waals surface area (Å²) in [6.45, 7) is 9.12. The largest absolute Gasteiger partial charge is 0.310 e. The van der Waals surface area contributed by atoms with Crippen molar-refractivity contribution in [3.8, 4) is 0 Å². The summed E-state index contributed by atoms with van der Waals surface area (Å²) in [4.78, 5) is 14.3. The standard InChI is InChI=1S/C16H24N6O/c1-4-7-21-15(5-6-17-21)18-16(23)11-20-9-14(10-20)22-13(3)8-12(2)19-22/h5-6,8,14H,4,7,9-11H2,1-3H3,(H,18,23). The van der Waals surface area contributed by atoms with Gasteiger partial charge in [-0.1, -0.05) is 6.92 Å². The third kappa shape index (κ3) is 3.44. The number of carbonyl (C=O) groups is 1. The summed E-state index contributed by atoms with van der Waals surface area (Å²) in [6, 6.07) is 4.30. The first-order valence-corrected chi connectivity index (χ1v) is 8.13. The maximum absolute atomic E-state index is 12.2. The van der Waals surface area contributed by atoms with Gasteiger partial charge in [0.05, 0.1) is 24.5 Å². The summed E-state index contributed by atoms with van der Waals surface area (Å²) in [5, 5.41) is 11.7. The van der Waals surface area contributed by atoms with Gasteiger partial charge in [0.25, 0.3) is 0 Å². The Hall–Kier alpha value is -2.15. The molecule has 0 aliphatic carbocycles. The zero-order valence-corrected chi connectivity index (χ0v) is 14.0. The second-order valence-corrected chi connectivity index (χ2v) is 6.21. The highest BCUT2D eigenvalue weighted by Gasteiger charge is 2.31. The van der Waals surface area contributed by atoms with Gasteiger partial charge in [-0.15, -0.1) is 0 Å². The average Bonchev–Trinajstić information content (AvgIpc) is 3.01. The third-order valence-electron chi connectivity index (χ3n) is 4.12. The van der Waals surface area contributed by atoms with Crippen LogP contribution in [-0.2, 0) is 11.3 Å². The maximum Gasteiger partial charge on any atom is 0.239 e. The Kier molecular flexibility index (Phi) is 4.47. The van der Waals surface area contributed by atoms with E-state index in [4.69, 9.17) is 0 Å². The van der Waals surface area contributed by atoms with Crippen molar-refractivity contribution in [1.29, 1.82) is 0 Å². The van der Waals surface area contributed by atoms with Gasteiger partial charge in [-0.05, 0) is 26.3 Å². The number of nitrogens with one attached hydrogen (secondary N) is 1. The van der Waals surface area contributed by atoms with Crippen LogP contribution in [0.1, 0.15) is 30.8 Å². The van der Waals surface area contributed by atoms with Crippen LogP contribution in [0.15, 0.2) is 18.3 Å². The minimum absolute atomic E-state index is 0.00895. The monoisotopic (exact) mass is 316 g/mol. The quantitative estimate of drug-likeness (QED) is 0.879. The highest BCUT2D eigenvalue weighted by atomic mass is 16.2. The maximum atomic E-state index is 12.2. The fourth-order valence-corrected chi connectivity index (χ4v) is 3.06. The zero-order chi connectivity index (χ0) is 16.4. The van der Waals surface area contributed by atoms with Crippen LogP contribution in [0.25, 0.3) is 0 Å². The summed E-state index contributed by atoms with van der Waals surface area (Å²) in [5.74, 6) is 0.780. The van der Waals surface area contributed by atoms with Crippen molar-refractivity contribution >= 4 is 11.7 Å². The second kappa shape index (κ2) is 6.54. The van der Waals surface area contributed by atoms with Crippen molar-refractivity contribution in [1.82, 2.24) is 24.5 Å². The molecule has 7 heteroatoms. The molecule has 3 rings (SSSR count). The first kappa shape index (κ1) is 15.7. The predicted molar refractivity (Wildman–Crippen MR) is 88.3 cm³/mol. The lowest BCUT2D eigenvalue weighted by atomic mass is 10.1. The molecular weight excluding hydrogens is 292 g/mol. The van der Waals surface area contributed by atoms with E-state index in [1.165, 1.54) is 5.69 Å². The van der Waals surface area contributed by atoms with Crippen molar-refractivity contribution in [2.24, 2.45) is 0 Å². The Labute approximate surface area is 136 Å². The number of nitrogens with zero attached hydrogens (tertiary/aromatic N) is 5. The van der Waals surface area contributed by atoms with Crippen LogP contribution >= 0.6 is 0 Å². The Balaban J connectivity index is 1.49. The van der Waals surface area contributed by atoms with Gasteiger partial charge in [0, 0.05) is 31.4 Å². The number of anilines is 1. The predicted octanol–water partition coefficient (Wildman–Crippen LogP) is 1.60. The Bertz CT molecular complexity index is 683. The highest BCUT2D eigenvalue weighted by Crippen LogP contribution is 2.22. The molecule has 0 unspecified atom stereocenters. The molecular formula is C16H24N6O. The lowest BCUT2D eigenvalue weighted by Gasteiger charge is -2.39. The SMILES string of the molecule is CCCn1nccc1NC(=O)CN1CC(n2nc(C)cc2C)C1. The summed E-state index contributed by atoms with van der Waals surface area (Å²) in [6.07, 6.45) is 2.70. The number of carbonyl (C=O) groups excluding carboxylic acids is 1. The number of rotatable bonds is 6. The van der Waals surface area contributed by atoms with Crippen molar-refractivity contribution in [3.63, 3.8) is 0 Å². The summed E-state index contributed by atoms with van der Waals surface area (Å²) in [5.41, 5.74) is 2.22. The molecule has 7 nitrogen and oxygen atoms in total. The van der Waals surface area contributed by atoms with E-state index < -0.39 is 0 Å². The molecule has 0 bridgehead atoms. The number of aryl methyl sites for hydroxylation is 3. The van der Waals surface area contributed by atoms with Crippen LogP contribution in [0, 0.1) is 13.8 Å². The van der Waals surface area contributed by atoms with Crippen molar-refractivity contribution in [2.75, 3.05) is 25.0 Å². The van der Waals surface area contributed by atoms with Gasteiger partial charge in [0.1, 0.15) is 5.82 Å². The van der Waals surface area contributed by atoms with E-state index in [1.807, 2.05) is 17.7 Å². The minimum atomic E-state index is 0.00895. The molecule has 0 radical (unpaired) electrons. The molecule has 1 N–H and O–H groups in total. The topological polar surface area (TPSA) is 68.0 Å². The zero-order valence-electron chi connectivity index (χ0n) is 14.0. The van der Waals surface area contributed by atoms with Gasteiger partial charge in [0.15, 0.2) is 0 Å². The van der Waals surface area contributed by atoms with Gasteiger partial charge >= 0.3 is 0 Å². The van der Waals surface area contributed by atoms with Gasteiger partial charge in [-0.3, -0.25) is 14.4 Å². The smallest absolute Gasteiger partial charge is 0.239 e. The van der Waals surface area contributed by atoms with Crippen LogP contribution in [0.5, 0.6) is 0 Å². The lowest BCUT2D eigenvalue weighted by molar-refractivity contribution is -0.118. The molecule has 1 amide bonds. The van der Waals surface area contributed by atoms with Crippen LogP contribution in [0.4, 0.5) is 5.82 Å². The van der Waals surface area contributed by atoms with Gasteiger partial charge < -0.3 is 5.32 Å². The number of hydrogen-bond donors (Lipinski definition) is 1. The van der Waals surface area contributed by atoms with Crippen molar-refractivity contribution < 1.29 is 4.79 Å². The van der Waals surface area contributed by atoms with E-state index in [9.17, 15) is 4.79 Å². The normalized spacial score (nSPS) is 15.6. The summed E-state index contributed by atoms with van der Waals surface area (Å²) in [7, 11) is 0. The minimum Gasteiger partial charge on any atom is -0.310 e. The molecule has 1 fully saturated rings. The number of aromatic nitrogens is 4. The van der Waals surface area contributed by atoms with E-state index >= 15 is 0 Å². The van der Waals surface area contributed by atoms with Gasteiger partial charge in [-0.25, -0.2) is 4.68 Å². The molecule has 0 saturated carbocycles. The van der Waals surface area contributed by atoms with Crippen LogP contribution < -0.4 is 5.32 Å². The molecule has 124 valence electrons. The molecule has 2 aromatic heterocycles. The van der Waals surface area contributed by atoms with E-state index in [2.05, 4.69) is 45.0 Å². The van der Waals surface area contributed by atoms with Crippen molar-refractivity contribution in [3.05, 3.63) is 29.7 Å². The Morgan fingerprint density at radius 3 is 2.83 bits per heavy atom. The van der Waals surface area contributed by atoms with E-state index in [-0.39, 0.29) is 5.91 Å². The molecule has 0 aromatic carbocycles. The Morgan fingerprint density at radius 1 is 1.39 bits per heavy atom.